The van der Waals surface area contributed by atoms with E-state index in [1.807, 2.05) is 19.1 Å². The minimum atomic E-state index is -0.584. The zero-order chi connectivity index (χ0) is 16.1. The van der Waals surface area contributed by atoms with Crippen molar-refractivity contribution >= 4 is 5.96 Å². The van der Waals surface area contributed by atoms with Crippen molar-refractivity contribution in [3.05, 3.63) is 23.8 Å². The van der Waals surface area contributed by atoms with Crippen molar-refractivity contribution in [1.29, 1.82) is 0 Å². The predicted octanol–water partition coefficient (Wildman–Crippen LogP) is 1.43. The number of hydrogen-bond donors (Lipinski definition) is 3. The molecule has 1 aromatic carbocycles. The van der Waals surface area contributed by atoms with Crippen LogP contribution in [0.1, 0.15) is 31.7 Å². The molecule has 1 heterocycles. The molecule has 0 unspecified atom stereocenters. The van der Waals surface area contributed by atoms with Crippen molar-refractivity contribution in [3.8, 4) is 11.5 Å². The molecule has 3 rings (SSSR count). The molecular formula is C17H25N3O3. The lowest BCUT2D eigenvalue weighted by molar-refractivity contribution is -0.0236. The quantitative estimate of drug-likeness (QED) is 0.546. The van der Waals surface area contributed by atoms with Gasteiger partial charge in [0.05, 0.1) is 12.1 Å². The first-order valence-corrected chi connectivity index (χ1v) is 8.32. The first kappa shape index (κ1) is 15.9. The van der Waals surface area contributed by atoms with Crippen LogP contribution in [-0.4, -0.2) is 43.1 Å². The lowest BCUT2D eigenvalue weighted by atomic mass is 9.80. The fourth-order valence-electron chi connectivity index (χ4n) is 2.73. The van der Waals surface area contributed by atoms with Crippen LogP contribution in [0.2, 0.25) is 0 Å². The topological polar surface area (TPSA) is 75.1 Å². The number of nitrogens with one attached hydrogen (secondary N) is 2. The average Bonchev–Trinajstić information content (AvgIpc) is 2.98. The summed E-state index contributed by atoms with van der Waals surface area (Å²) in [5.41, 5.74) is 0.606. The Labute approximate surface area is 136 Å². The van der Waals surface area contributed by atoms with Crippen LogP contribution >= 0.6 is 0 Å². The highest BCUT2D eigenvalue weighted by Gasteiger charge is 2.34. The molecule has 1 fully saturated rings. The van der Waals surface area contributed by atoms with E-state index in [2.05, 4.69) is 21.7 Å². The van der Waals surface area contributed by atoms with Gasteiger partial charge >= 0.3 is 0 Å². The number of hydrogen-bond acceptors (Lipinski definition) is 4. The fraction of sp³-hybridized carbons (Fsp3) is 0.588. The second kappa shape index (κ2) is 7.08. The van der Waals surface area contributed by atoms with E-state index in [0.717, 1.165) is 56.2 Å². The van der Waals surface area contributed by atoms with E-state index in [1.165, 1.54) is 5.56 Å². The molecule has 0 atom stereocenters. The molecule has 1 saturated carbocycles. The summed E-state index contributed by atoms with van der Waals surface area (Å²) in [4.78, 5) is 4.50. The number of ether oxygens (including phenoxy) is 2. The van der Waals surface area contributed by atoms with Crippen molar-refractivity contribution in [3.63, 3.8) is 0 Å². The van der Waals surface area contributed by atoms with Gasteiger partial charge in [-0.3, -0.25) is 4.99 Å². The predicted molar refractivity (Wildman–Crippen MR) is 89.1 cm³/mol. The van der Waals surface area contributed by atoms with Crippen LogP contribution in [0.25, 0.3) is 0 Å². The third-order valence-corrected chi connectivity index (χ3v) is 4.30. The van der Waals surface area contributed by atoms with Crippen molar-refractivity contribution in [2.45, 2.75) is 38.2 Å². The molecule has 2 aliphatic rings. The van der Waals surface area contributed by atoms with Gasteiger partial charge < -0.3 is 25.2 Å². The second-order valence-corrected chi connectivity index (χ2v) is 6.14. The lowest BCUT2D eigenvalue weighted by Crippen LogP contribution is -2.43. The lowest BCUT2D eigenvalue weighted by Gasteiger charge is -2.35. The van der Waals surface area contributed by atoms with Gasteiger partial charge in [-0.2, -0.15) is 0 Å². The third kappa shape index (κ3) is 4.07. The van der Waals surface area contributed by atoms with Gasteiger partial charge in [-0.1, -0.05) is 6.07 Å². The molecule has 1 aliphatic carbocycles. The highest BCUT2D eigenvalue weighted by Crippen LogP contribution is 2.32. The van der Waals surface area contributed by atoms with E-state index >= 15 is 0 Å². The highest BCUT2D eigenvalue weighted by molar-refractivity contribution is 5.79. The zero-order valence-corrected chi connectivity index (χ0v) is 13.6. The Morgan fingerprint density at radius 3 is 2.83 bits per heavy atom. The Kier molecular flexibility index (Phi) is 4.91. The molecule has 0 amide bonds. The van der Waals surface area contributed by atoms with E-state index in [-0.39, 0.29) is 0 Å². The monoisotopic (exact) mass is 319 g/mol. The Balaban J connectivity index is 1.49. The van der Waals surface area contributed by atoms with Gasteiger partial charge in [0.25, 0.3) is 0 Å². The van der Waals surface area contributed by atoms with Gasteiger partial charge in [-0.25, -0.2) is 0 Å². The maximum absolute atomic E-state index is 10.1. The number of aliphatic imine (C=N–C) groups is 1. The minimum Gasteiger partial charge on any atom is -0.454 e. The number of guanidine groups is 1. The molecule has 0 saturated heterocycles. The first-order chi connectivity index (χ1) is 11.2. The number of rotatable bonds is 6. The summed E-state index contributed by atoms with van der Waals surface area (Å²) in [6, 6.07) is 6.02. The van der Waals surface area contributed by atoms with Crippen LogP contribution < -0.4 is 20.1 Å². The normalized spacial score (nSPS) is 18.4. The molecule has 3 N–H and O–H groups in total. The molecule has 1 aliphatic heterocycles. The summed E-state index contributed by atoms with van der Waals surface area (Å²) in [6.07, 6.45) is 3.67. The maximum atomic E-state index is 10.1. The highest BCUT2D eigenvalue weighted by atomic mass is 16.7. The van der Waals surface area contributed by atoms with Crippen LogP contribution in [0.15, 0.2) is 23.2 Å². The van der Waals surface area contributed by atoms with Gasteiger partial charge in [-0.05, 0) is 50.3 Å². The number of fused-ring (bicyclic) bond motifs is 1. The minimum absolute atomic E-state index is 0.303. The maximum Gasteiger partial charge on any atom is 0.231 e. The van der Waals surface area contributed by atoms with Gasteiger partial charge in [-0.15, -0.1) is 0 Å². The standard InChI is InChI=1S/C17H25N3O3/c1-2-18-16(20-11-17(21)7-3-8-17)19-9-6-13-4-5-14-15(10-13)23-12-22-14/h4-5,10,21H,2-3,6-9,11-12H2,1H3,(H2,18,19,20). The van der Waals surface area contributed by atoms with Crippen LogP contribution in [0.3, 0.4) is 0 Å². The molecule has 0 spiro atoms. The van der Waals surface area contributed by atoms with E-state index in [1.54, 1.807) is 0 Å². The number of nitrogens with zero attached hydrogens (tertiary/aromatic N) is 1. The van der Waals surface area contributed by atoms with E-state index in [9.17, 15) is 5.11 Å². The molecular weight excluding hydrogens is 294 g/mol. The van der Waals surface area contributed by atoms with Crippen LogP contribution in [-0.2, 0) is 6.42 Å². The van der Waals surface area contributed by atoms with Crippen LogP contribution in [0.4, 0.5) is 0 Å². The summed E-state index contributed by atoms with van der Waals surface area (Å²) in [5.74, 6) is 2.38. The van der Waals surface area contributed by atoms with Crippen molar-refractivity contribution in [1.82, 2.24) is 10.6 Å². The zero-order valence-electron chi connectivity index (χ0n) is 13.6. The Hall–Kier alpha value is -1.95. The van der Waals surface area contributed by atoms with Crippen molar-refractivity contribution in [2.24, 2.45) is 4.99 Å². The summed E-state index contributed by atoms with van der Waals surface area (Å²) in [5, 5.41) is 16.7. The summed E-state index contributed by atoms with van der Waals surface area (Å²) in [6.45, 7) is 4.37. The fourth-order valence-corrected chi connectivity index (χ4v) is 2.73. The number of benzene rings is 1. The van der Waals surface area contributed by atoms with Gasteiger partial charge in [0.15, 0.2) is 17.5 Å². The van der Waals surface area contributed by atoms with E-state index < -0.39 is 5.60 Å². The molecule has 0 bridgehead atoms. The largest absolute Gasteiger partial charge is 0.454 e. The smallest absolute Gasteiger partial charge is 0.231 e. The summed E-state index contributed by atoms with van der Waals surface area (Å²) in [7, 11) is 0. The Morgan fingerprint density at radius 2 is 2.09 bits per heavy atom. The number of aliphatic hydroxyl groups is 1. The van der Waals surface area contributed by atoms with Gasteiger partial charge in [0.2, 0.25) is 6.79 Å². The molecule has 6 nitrogen and oxygen atoms in total. The molecule has 23 heavy (non-hydrogen) atoms. The Bertz CT molecular complexity index is 570. The van der Waals surface area contributed by atoms with Gasteiger partial charge in [0.1, 0.15) is 0 Å². The van der Waals surface area contributed by atoms with E-state index in [4.69, 9.17) is 9.47 Å². The molecule has 1 aromatic rings. The first-order valence-electron chi connectivity index (χ1n) is 8.32. The summed E-state index contributed by atoms with van der Waals surface area (Å²) >= 11 is 0. The SMILES string of the molecule is CCNC(=NCC1(O)CCC1)NCCc1ccc2c(c1)OCO2. The van der Waals surface area contributed by atoms with Crippen molar-refractivity contribution in [2.75, 3.05) is 26.4 Å². The van der Waals surface area contributed by atoms with Gasteiger partial charge in [0, 0.05) is 13.1 Å². The summed E-state index contributed by atoms with van der Waals surface area (Å²) < 4.78 is 10.7. The molecule has 6 heteroatoms. The molecule has 0 radical (unpaired) electrons. The molecule has 126 valence electrons. The van der Waals surface area contributed by atoms with Crippen molar-refractivity contribution < 1.29 is 14.6 Å². The average molecular weight is 319 g/mol. The molecule has 0 aromatic heterocycles. The van der Waals surface area contributed by atoms with E-state index in [0.29, 0.717) is 13.3 Å². The third-order valence-electron chi connectivity index (χ3n) is 4.30. The van der Waals surface area contributed by atoms with Crippen LogP contribution in [0.5, 0.6) is 11.5 Å². The van der Waals surface area contributed by atoms with Crippen LogP contribution in [0, 0.1) is 0 Å². The Morgan fingerprint density at radius 1 is 1.26 bits per heavy atom. The second-order valence-electron chi connectivity index (χ2n) is 6.14.